The van der Waals surface area contributed by atoms with E-state index in [0.717, 1.165) is 9.87 Å². The molecule has 8 heteroatoms. The molecule has 1 heterocycles. The van der Waals surface area contributed by atoms with Gasteiger partial charge in [-0.05, 0) is 32.9 Å². The van der Waals surface area contributed by atoms with Crippen molar-refractivity contribution in [2.45, 2.75) is 32.5 Å². The van der Waals surface area contributed by atoms with E-state index in [9.17, 15) is 18.3 Å². The van der Waals surface area contributed by atoms with Crippen LogP contribution < -0.4 is 4.74 Å². The van der Waals surface area contributed by atoms with E-state index >= 15 is 0 Å². The van der Waals surface area contributed by atoms with Crippen molar-refractivity contribution < 1.29 is 23.1 Å². The predicted octanol–water partition coefficient (Wildman–Crippen LogP) is 0.863. The van der Waals surface area contributed by atoms with Crippen LogP contribution in [0.2, 0.25) is 0 Å². The minimum Gasteiger partial charge on any atom is -0.478 e. The van der Waals surface area contributed by atoms with Crippen LogP contribution in [0.1, 0.15) is 19.4 Å². The molecule has 0 saturated carbocycles. The van der Waals surface area contributed by atoms with Crippen molar-refractivity contribution in [1.29, 1.82) is 0 Å². The monoisotopic (exact) mass is 384 g/mol. The number of amides is 1. The minimum atomic E-state index is -3.45. The van der Waals surface area contributed by atoms with Crippen LogP contribution >= 0.6 is 0 Å². The van der Waals surface area contributed by atoms with Gasteiger partial charge in [0.2, 0.25) is 10.0 Å². The lowest BCUT2D eigenvalue weighted by Crippen LogP contribution is -2.48. The fourth-order valence-electron chi connectivity index (χ4n) is 2.93. The highest BCUT2D eigenvalue weighted by atomic mass is 32.2. The molecule has 1 amide bonds. The summed E-state index contributed by atoms with van der Waals surface area (Å²) in [6.07, 6.45) is -0.871. The highest BCUT2D eigenvalue weighted by molar-refractivity contribution is 7.89. The predicted molar refractivity (Wildman–Crippen MR) is 99.4 cm³/mol. The lowest BCUT2D eigenvalue weighted by molar-refractivity contribution is -0.144. The molecule has 1 N–H and O–H groups in total. The van der Waals surface area contributed by atoms with Crippen molar-refractivity contribution in [3.05, 3.63) is 29.8 Å². The largest absolute Gasteiger partial charge is 0.478 e. The number of β-amino-alcohol motifs (C(OH)–C–C–N with tert-alkyl or cyclic N) is 1. The Hall–Kier alpha value is -1.64. The summed E-state index contributed by atoms with van der Waals surface area (Å²) in [7, 11) is -0.535. The number of hydrogen-bond donors (Lipinski definition) is 1. The van der Waals surface area contributed by atoms with Gasteiger partial charge in [0, 0.05) is 33.1 Å². The molecule has 2 rings (SSSR count). The fraction of sp³-hybridized carbons (Fsp3) is 0.611. The molecule has 1 aliphatic heterocycles. The van der Waals surface area contributed by atoms with Crippen molar-refractivity contribution in [3.8, 4) is 5.75 Å². The second kappa shape index (κ2) is 7.54. The van der Waals surface area contributed by atoms with E-state index in [4.69, 9.17) is 4.74 Å². The van der Waals surface area contributed by atoms with Gasteiger partial charge in [0.1, 0.15) is 5.75 Å². The Morgan fingerprint density at radius 1 is 1.27 bits per heavy atom. The molecule has 0 aliphatic carbocycles. The van der Waals surface area contributed by atoms with Gasteiger partial charge >= 0.3 is 0 Å². The average molecular weight is 384 g/mol. The molecule has 2 atom stereocenters. The lowest BCUT2D eigenvalue weighted by atomic mass is 10.1. The summed E-state index contributed by atoms with van der Waals surface area (Å²) < 4.78 is 31.1. The molecule has 7 nitrogen and oxygen atoms in total. The van der Waals surface area contributed by atoms with Crippen LogP contribution in [-0.2, 0) is 14.8 Å². The average Bonchev–Trinajstić information content (AvgIpc) is 2.88. The molecule has 1 fully saturated rings. The number of aliphatic hydroxyl groups is 1. The van der Waals surface area contributed by atoms with Gasteiger partial charge in [0.25, 0.3) is 5.91 Å². The Labute approximate surface area is 155 Å². The number of aryl methyl sites for hydroxylation is 1. The lowest BCUT2D eigenvalue weighted by Gasteiger charge is -2.30. The Morgan fingerprint density at radius 2 is 1.85 bits per heavy atom. The molecule has 0 radical (unpaired) electrons. The van der Waals surface area contributed by atoms with Crippen LogP contribution in [0, 0.1) is 12.8 Å². The standard InChI is InChI=1S/C18H28N2O5S/c1-13-6-8-15(9-7-13)25-18(2,3)17(22)20-10-14(16(21)11-20)12-26(23,24)19(4)5/h6-9,14,16,21H,10-12H2,1-5H3/t14-,16+/m0/s1. The van der Waals surface area contributed by atoms with Gasteiger partial charge in [-0.1, -0.05) is 17.7 Å². The summed E-state index contributed by atoms with van der Waals surface area (Å²) in [6, 6.07) is 7.40. The van der Waals surface area contributed by atoms with Crippen molar-refractivity contribution in [2.75, 3.05) is 32.9 Å². The van der Waals surface area contributed by atoms with Gasteiger partial charge in [-0.3, -0.25) is 4.79 Å². The van der Waals surface area contributed by atoms with Gasteiger partial charge in [-0.25, -0.2) is 12.7 Å². The quantitative estimate of drug-likeness (QED) is 0.786. The van der Waals surface area contributed by atoms with E-state index in [1.54, 1.807) is 26.0 Å². The zero-order valence-electron chi connectivity index (χ0n) is 16.0. The first-order valence-corrected chi connectivity index (χ1v) is 10.2. The molecule has 1 aromatic carbocycles. The third-order valence-corrected chi connectivity index (χ3v) is 6.55. The Morgan fingerprint density at radius 3 is 2.38 bits per heavy atom. The molecule has 146 valence electrons. The minimum absolute atomic E-state index is 0.104. The molecule has 1 aliphatic rings. The number of sulfonamides is 1. The zero-order chi connectivity index (χ0) is 19.7. The van der Waals surface area contributed by atoms with Gasteiger partial charge in [-0.2, -0.15) is 0 Å². The SMILES string of the molecule is Cc1ccc(OC(C)(C)C(=O)N2C[C@@H](CS(=O)(=O)N(C)C)[C@H](O)C2)cc1. The number of carbonyl (C=O) groups is 1. The van der Waals surface area contributed by atoms with E-state index in [2.05, 4.69) is 0 Å². The zero-order valence-corrected chi connectivity index (χ0v) is 16.8. The number of aliphatic hydroxyl groups excluding tert-OH is 1. The number of hydrogen-bond acceptors (Lipinski definition) is 5. The highest BCUT2D eigenvalue weighted by Gasteiger charge is 2.42. The van der Waals surface area contributed by atoms with Crippen molar-refractivity contribution in [2.24, 2.45) is 5.92 Å². The number of benzene rings is 1. The third-order valence-electron chi connectivity index (χ3n) is 4.58. The number of nitrogens with zero attached hydrogens (tertiary/aromatic N) is 2. The van der Waals surface area contributed by atoms with Gasteiger partial charge in [-0.15, -0.1) is 0 Å². The molecule has 1 aromatic rings. The molecule has 0 bridgehead atoms. The van der Waals surface area contributed by atoms with E-state index in [1.165, 1.54) is 19.0 Å². The summed E-state index contributed by atoms with van der Waals surface area (Å²) in [5.74, 6) is -0.395. The Kier molecular flexibility index (Phi) is 5.99. The Bertz CT molecular complexity index is 743. The maximum absolute atomic E-state index is 12.9. The molecular formula is C18H28N2O5S. The van der Waals surface area contributed by atoms with Crippen LogP contribution in [0.5, 0.6) is 5.75 Å². The van der Waals surface area contributed by atoms with E-state index in [-0.39, 0.29) is 24.7 Å². The van der Waals surface area contributed by atoms with Crippen LogP contribution in [-0.4, -0.2) is 73.3 Å². The van der Waals surface area contributed by atoms with Crippen LogP contribution in [0.25, 0.3) is 0 Å². The van der Waals surface area contributed by atoms with Crippen LogP contribution in [0.3, 0.4) is 0 Å². The first kappa shape index (κ1) is 20.7. The number of carbonyl (C=O) groups excluding carboxylic acids is 1. The maximum atomic E-state index is 12.9. The smallest absolute Gasteiger partial charge is 0.266 e. The van der Waals surface area contributed by atoms with E-state index in [1.807, 2.05) is 19.1 Å². The van der Waals surface area contributed by atoms with Gasteiger partial charge < -0.3 is 14.7 Å². The van der Waals surface area contributed by atoms with Crippen molar-refractivity contribution in [1.82, 2.24) is 9.21 Å². The number of ether oxygens (including phenoxy) is 1. The fourth-order valence-corrected chi connectivity index (χ4v) is 4.10. The molecule has 0 aromatic heterocycles. The normalized spacial score (nSPS) is 21.3. The van der Waals surface area contributed by atoms with Crippen molar-refractivity contribution >= 4 is 15.9 Å². The number of likely N-dealkylation sites (tertiary alicyclic amines) is 1. The van der Waals surface area contributed by atoms with E-state index < -0.39 is 27.6 Å². The summed E-state index contributed by atoms with van der Waals surface area (Å²) in [4.78, 5) is 14.3. The maximum Gasteiger partial charge on any atom is 0.266 e. The summed E-state index contributed by atoms with van der Waals surface area (Å²) in [5, 5.41) is 10.2. The topological polar surface area (TPSA) is 87.2 Å². The van der Waals surface area contributed by atoms with Gasteiger partial charge in [0.05, 0.1) is 11.9 Å². The third kappa shape index (κ3) is 4.75. The molecular weight excluding hydrogens is 356 g/mol. The highest BCUT2D eigenvalue weighted by Crippen LogP contribution is 2.26. The summed E-state index contributed by atoms with van der Waals surface area (Å²) in [5.41, 5.74) is -0.0290. The van der Waals surface area contributed by atoms with Crippen LogP contribution in [0.15, 0.2) is 24.3 Å². The first-order valence-electron chi connectivity index (χ1n) is 8.56. The Balaban J connectivity index is 2.06. The van der Waals surface area contributed by atoms with Crippen LogP contribution in [0.4, 0.5) is 0 Å². The second-order valence-corrected chi connectivity index (χ2v) is 9.75. The molecule has 0 unspecified atom stereocenters. The van der Waals surface area contributed by atoms with Gasteiger partial charge in [0.15, 0.2) is 5.60 Å². The summed E-state index contributed by atoms with van der Waals surface area (Å²) in [6.45, 7) is 5.60. The molecule has 0 spiro atoms. The number of rotatable bonds is 6. The first-order chi connectivity index (χ1) is 11.9. The molecule has 26 heavy (non-hydrogen) atoms. The van der Waals surface area contributed by atoms with Crippen molar-refractivity contribution in [3.63, 3.8) is 0 Å². The summed E-state index contributed by atoms with van der Waals surface area (Å²) >= 11 is 0. The van der Waals surface area contributed by atoms with E-state index in [0.29, 0.717) is 5.75 Å². The molecule has 1 saturated heterocycles. The second-order valence-electron chi connectivity index (χ2n) is 7.52.